The Bertz CT molecular complexity index is 468. The molecule has 0 bridgehead atoms. The summed E-state index contributed by atoms with van der Waals surface area (Å²) in [6, 6.07) is 9.23. The minimum absolute atomic E-state index is 0.0998. The van der Waals surface area contributed by atoms with Crippen LogP contribution in [0.5, 0.6) is 5.75 Å². The number of para-hydroxylation sites is 1. The van der Waals surface area contributed by atoms with Crippen LogP contribution in [-0.4, -0.2) is 36.0 Å². The number of hydrogen-bond donors (Lipinski definition) is 1. The van der Waals surface area contributed by atoms with Gasteiger partial charge in [-0.25, -0.2) is 4.79 Å². The Labute approximate surface area is 125 Å². The van der Waals surface area contributed by atoms with Gasteiger partial charge in [0.1, 0.15) is 5.75 Å². The summed E-state index contributed by atoms with van der Waals surface area (Å²) in [5.41, 5.74) is 0. The highest BCUT2D eigenvalue weighted by atomic mass is 16.6. The smallest absolute Gasteiger partial charge is 0.410 e. The third kappa shape index (κ3) is 4.77. The topological polar surface area (TPSA) is 58.6 Å². The van der Waals surface area contributed by atoms with Crippen LogP contribution in [0.25, 0.3) is 0 Å². The van der Waals surface area contributed by atoms with Gasteiger partial charge in [-0.2, -0.15) is 0 Å². The van der Waals surface area contributed by atoms with Gasteiger partial charge in [0.15, 0.2) is 0 Å². The lowest BCUT2D eigenvalue weighted by Crippen LogP contribution is -2.47. The maximum Gasteiger partial charge on any atom is 0.415 e. The van der Waals surface area contributed by atoms with Gasteiger partial charge < -0.3 is 15.0 Å². The summed E-state index contributed by atoms with van der Waals surface area (Å²) in [6.07, 6.45) is 2.66. The van der Waals surface area contributed by atoms with E-state index in [0.717, 1.165) is 19.3 Å². The first-order chi connectivity index (χ1) is 10.2. The highest BCUT2D eigenvalue weighted by Crippen LogP contribution is 2.15. The molecular formula is C16H22N2O3. The number of ether oxygens (including phenoxy) is 1. The molecule has 21 heavy (non-hydrogen) atoms. The molecule has 1 aliphatic heterocycles. The number of carbonyl (C=O) groups excluding carboxylic acids is 2. The van der Waals surface area contributed by atoms with Crippen LogP contribution < -0.4 is 10.1 Å². The maximum absolute atomic E-state index is 12.0. The molecule has 2 rings (SSSR count). The fourth-order valence-electron chi connectivity index (χ4n) is 2.39. The molecule has 0 radical (unpaired) electrons. The second-order valence-corrected chi connectivity index (χ2v) is 5.26. The Morgan fingerprint density at radius 1 is 1.24 bits per heavy atom. The second-order valence-electron chi connectivity index (χ2n) is 5.26. The molecule has 1 fully saturated rings. The third-order valence-electron chi connectivity index (χ3n) is 3.54. The van der Waals surface area contributed by atoms with Crippen molar-refractivity contribution in [3.63, 3.8) is 0 Å². The lowest BCUT2D eigenvalue weighted by Gasteiger charge is -2.31. The number of piperidine rings is 1. The molecule has 5 nitrogen and oxygen atoms in total. The first-order valence-electron chi connectivity index (χ1n) is 7.50. The summed E-state index contributed by atoms with van der Waals surface area (Å²) < 4.78 is 5.31. The molecular weight excluding hydrogens is 268 g/mol. The fraction of sp³-hybridized carbons (Fsp3) is 0.500. The molecule has 1 N–H and O–H groups in total. The van der Waals surface area contributed by atoms with Crippen molar-refractivity contribution in [2.24, 2.45) is 0 Å². The number of nitrogens with one attached hydrogen (secondary N) is 1. The quantitative estimate of drug-likeness (QED) is 0.927. The monoisotopic (exact) mass is 290 g/mol. The van der Waals surface area contributed by atoms with Gasteiger partial charge in [-0.3, -0.25) is 4.79 Å². The van der Waals surface area contributed by atoms with Crippen LogP contribution in [0.1, 0.15) is 32.6 Å². The number of amides is 2. The zero-order chi connectivity index (χ0) is 15.1. The average molecular weight is 290 g/mol. The van der Waals surface area contributed by atoms with Gasteiger partial charge in [0.05, 0.1) is 0 Å². The van der Waals surface area contributed by atoms with Crippen molar-refractivity contribution < 1.29 is 14.3 Å². The van der Waals surface area contributed by atoms with E-state index in [2.05, 4.69) is 5.32 Å². The van der Waals surface area contributed by atoms with Crippen LogP contribution in [0.15, 0.2) is 30.3 Å². The molecule has 0 aromatic heterocycles. The molecule has 0 saturated carbocycles. The van der Waals surface area contributed by atoms with E-state index in [4.69, 9.17) is 4.74 Å². The van der Waals surface area contributed by atoms with Crippen LogP contribution >= 0.6 is 0 Å². The average Bonchev–Trinajstić information content (AvgIpc) is 2.49. The standard InChI is InChI=1S/C16H22N2O3/c1-2-6-15(19)17-13-9-11-18(12-10-13)16(20)21-14-7-4-3-5-8-14/h3-5,7-8,13H,2,6,9-12H2,1H3,(H,17,19). The highest BCUT2D eigenvalue weighted by Gasteiger charge is 2.24. The van der Waals surface area contributed by atoms with E-state index in [1.807, 2.05) is 25.1 Å². The van der Waals surface area contributed by atoms with Crippen LogP contribution in [0.2, 0.25) is 0 Å². The first-order valence-corrected chi connectivity index (χ1v) is 7.50. The van der Waals surface area contributed by atoms with E-state index in [9.17, 15) is 9.59 Å². The lowest BCUT2D eigenvalue weighted by molar-refractivity contribution is -0.122. The largest absolute Gasteiger partial charge is 0.415 e. The zero-order valence-corrected chi connectivity index (χ0v) is 12.4. The number of rotatable bonds is 4. The molecule has 114 valence electrons. The molecule has 5 heteroatoms. The van der Waals surface area contributed by atoms with E-state index >= 15 is 0 Å². The Morgan fingerprint density at radius 2 is 1.90 bits per heavy atom. The maximum atomic E-state index is 12.0. The molecule has 1 saturated heterocycles. The van der Waals surface area contributed by atoms with Gasteiger partial charge in [-0.1, -0.05) is 25.1 Å². The summed E-state index contributed by atoms with van der Waals surface area (Å²) in [7, 11) is 0. The number of carbonyl (C=O) groups is 2. The van der Waals surface area contributed by atoms with E-state index in [1.165, 1.54) is 0 Å². The summed E-state index contributed by atoms with van der Waals surface area (Å²) in [6.45, 7) is 3.22. The predicted molar refractivity (Wildman–Crippen MR) is 80.1 cm³/mol. The normalized spacial score (nSPS) is 15.6. The molecule has 2 amide bonds. The van der Waals surface area contributed by atoms with Crippen LogP contribution in [0, 0.1) is 0 Å². The Hall–Kier alpha value is -2.04. The third-order valence-corrected chi connectivity index (χ3v) is 3.54. The number of nitrogens with zero attached hydrogens (tertiary/aromatic N) is 1. The highest BCUT2D eigenvalue weighted by molar-refractivity contribution is 5.76. The Kier molecular flexibility index (Phi) is 5.60. The predicted octanol–water partition coefficient (Wildman–Crippen LogP) is 2.57. The van der Waals surface area contributed by atoms with Crippen molar-refractivity contribution in [1.82, 2.24) is 10.2 Å². The Balaban J connectivity index is 1.75. The minimum Gasteiger partial charge on any atom is -0.410 e. The van der Waals surface area contributed by atoms with Crippen molar-refractivity contribution in [3.8, 4) is 5.75 Å². The number of hydrogen-bond acceptors (Lipinski definition) is 3. The number of likely N-dealkylation sites (tertiary alicyclic amines) is 1. The van der Waals surface area contributed by atoms with E-state index < -0.39 is 0 Å². The van der Waals surface area contributed by atoms with E-state index in [0.29, 0.717) is 25.3 Å². The van der Waals surface area contributed by atoms with Gasteiger partial charge in [0.2, 0.25) is 5.91 Å². The molecule has 0 unspecified atom stereocenters. The zero-order valence-electron chi connectivity index (χ0n) is 12.4. The van der Waals surface area contributed by atoms with Gasteiger partial charge in [-0.15, -0.1) is 0 Å². The van der Waals surface area contributed by atoms with Crippen LogP contribution in [0.3, 0.4) is 0 Å². The number of benzene rings is 1. The van der Waals surface area contributed by atoms with Crippen LogP contribution in [0.4, 0.5) is 4.79 Å². The van der Waals surface area contributed by atoms with E-state index in [-0.39, 0.29) is 18.0 Å². The van der Waals surface area contributed by atoms with E-state index in [1.54, 1.807) is 17.0 Å². The van der Waals surface area contributed by atoms with Gasteiger partial charge in [0, 0.05) is 25.6 Å². The van der Waals surface area contributed by atoms with Crippen molar-refractivity contribution in [2.75, 3.05) is 13.1 Å². The van der Waals surface area contributed by atoms with Crippen LogP contribution in [-0.2, 0) is 4.79 Å². The van der Waals surface area contributed by atoms with Crippen molar-refractivity contribution in [1.29, 1.82) is 0 Å². The fourth-order valence-corrected chi connectivity index (χ4v) is 2.39. The SMILES string of the molecule is CCCC(=O)NC1CCN(C(=O)Oc2ccccc2)CC1. The van der Waals surface area contributed by atoms with Gasteiger partial charge >= 0.3 is 6.09 Å². The molecule has 0 atom stereocenters. The summed E-state index contributed by atoms with van der Waals surface area (Å²) in [5.74, 6) is 0.656. The van der Waals surface area contributed by atoms with Crippen molar-refractivity contribution in [3.05, 3.63) is 30.3 Å². The molecule has 1 aromatic rings. The van der Waals surface area contributed by atoms with Gasteiger partial charge in [-0.05, 0) is 31.4 Å². The summed E-state index contributed by atoms with van der Waals surface area (Å²) in [5, 5.41) is 3.01. The van der Waals surface area contributed by atoms with Crippen molar-refractivity contribution in [2.45, 2.75) is 38.6 Å². The Morgan fingerprint density at radius 3 is 2.52 bits per heavy atom. The first kappa shape index (κ1) is 15.4. The molecule has 0 spiro atoms. The summed E-state index contributed by atoms with van der Waals surface area (Å²) >= 11 is 0. The minimum atomic E-state index is -0.320. The second kappa shape index (κ2) is 7.67. The lowest BCUT2D eigenvalue weighted by atomic mass is 10.1. The molecule has 1 aromatic carbocycles. The molecule has 0 aliphatic carbocycles. The van der Waals surface area contributed by atoms with Gasteiger partial charge in [0.25, 0.3) is 0 Å². The molecule has 1 aliphatic rings. The van der Waals surface area contributed by atoms with Crippen molar-refractivity contribution >= 4 is 12.0 Å². The summed E-state index contributed by atoms with van der Waals surface area (Å²) in [4.78, 5) is 25.3. The molecule has 1 heterocycles.